The Morgan fingerprint density at radius 1 is 1.06 bits per heavy atom. The second kappa shape index (κ2) is 9.80. The van der Waals surface area contributed by atoms with Gasteiger partial charge in [-0.25, -0.2) is 0 Å². The third-order valence-electron chi connectivity index (χ3n) is 5.88. The fourth-order valence-electron chi connectivity index (χ4n) is 4.16. The van der Waals surface area contributed by atoms with E-state index in [4.69, 9.17) is 5.10 Å². The summed E-state index contributed by atoms with van der Waals surface area (Å²) in [6.45, 7) is 6.07. The molecule has 3 aromatic rings. The van der Waals surface area contributed by atoms with E-state index in [1.165, 1.54) is 6.07 Å². The molecule has 1 saturated heterocycles. The van der Waals surface area contributed by atoms with Crippen LogP contribution in [0.5, 0.6) is 0 Å². The number of rotatable bonds is 4. The number of anilines is 1. The number of carbonyl (C=O) groups excluding carboxylic acids is 1. The summed E-state index contributed by atoms with van der Waals surface area (Å²) in [4.78, 5) is 13.0. The van der Waals surface area contributed by atoms with Gasteiger partial charge in [-0.15, -0.1) is 12.4 Å². The fourth-order valence-corrected chi connectivity index (χ4v) is 4.16. The lowest BCUT2D eigenvalue weighted by molar-refractivity contribution is -0.137. The lowest BCUT2D eigenvalue weighted by atomic mass is 9.90. The van der Waals surface area contributed by atoms with Crippen molar-refractivity contribution >= 4 is 24.0 Å². The predicted octanol–water partition coefficient (Wildman–Crippen LogP) is 5.90. The van der Waals surface area contributed by atoms with E-state index in [1.807, 2.05) is 55.9 Å². The number of nitrogens with one attached hydrogen (secondary N) is 2. The van der Waals surface area contributed by atoms with Crippen molar-refractivity contribution in [2.45, 2.75) is 56.9 Å². The number of hydrogen-bond donors (Lipinski definition) is 2. The zero-order chi connectivity index (χ0) is 23.8. The van der Waals surface area contributed by atoms with Gasteiger partial charge in [-0.2, -0.15) is 18.3 Å². The summed E-state index contributed by atoms with van der Waals surface area (Å²) in [7, 11) is 0. The number of aromatic nitrogens is 2. The molecule has 1 aromatic heterocycles. The molecule has 0 saturated carbocycles. The molecule has 1 fully saturated rings. The third-order valence-corrected chi connectivity index (χ3v) is 5.88. The van der Waals surface area contributed by atoms with Gasteiger partial charge in [-0.3, -0.25) is 14.8 Å². The van der Waals surface area contributed by atoms with E-state index < -0.39 is 23.8 Å². The van der Waals surface area contributed by atoms with Crippen LogP contribution in [0.25, 0.3) is 0 Å². The zero-order valence-electron chi connectivity index (χ0n) is 19.1. The molecule has 182 valence electrons. The average molecular weight is 493 g/mol. The Hall–Kier alpha value is -2.84. The first-order valence-corrected chi connectivity index (χ1v) is 10.9. The maximum atomic E-state index is 13.4. The van der Waals surface area contributed by atoms with Crippen LogP contribution in [0.2, 0.25) is 0 Å². The first-order chi connectivity index (χ1) is 15.5. The van der Waals surface area contributed by atoms with Crippen LogP contribution in [0.1, 0.15) is 56.0 Å². The average Bonchev–Trinajstić information content (AvgIpc) is 3.41. The highest BCUT2D eigenvalue weighted by atomic mass is 35.5. The van der Waals surface area contributed by atoms with Crippen molar-refractivity contribution in [1.82, 2.24) is 15.1 Å². The summed E-state index contributed by atoms with van der Waals surface area (Å²) in [6.07, 6.45) is -2.15. The largest absolute Gasteiger partial charge is 0.416 e. The van der Waals surface area contributed by atoms with Crippen molar-refractivity contribution in [1.29, 1.82) is 0 Å². The number of hydrogen-bond acceptors (Lipinski definition) is 3. The number of nitrogens with zero attached hydrogens (tertiary/aromatic N) is 2. The van der Waals surface area contributed by atoms with Gasteiger partial charge in [0.2, 0.25) is 5.91 Å². The van der Waals surface area contributed by atoms with E-state index in [1.54, 1.807) is 18.2 Å². The van der Waals surface area contributed by atoms with Crippen molar-refractivity contribution in [3.8, 4) is 0 Å². The smallest absolute Gasteiger partial charge is 0.325 e. The van der Waals surface area contributed by atoms with Gasteiger partial charge < -0.3 is 5.32 Å². The van der Waals surface area contributed by atoms with Crippen molar-refractivity contribution in [2.24, 2.45) is 0 Å². The first-order valence-electron chi connectivity index (χ1n) is 10.9. The van der Waals surface area contributed by atoms with E-state index in [0.717, 1.165) is 17.8 Å². The van der Waals surface area contributed by atoms with E-state index in [2.05, 4.69) is 10.6 Å². The van der Waals surface area contributed by atoms with Crippen LogP contribution in [0.4, 0.5) is 18.9 Å². The van der Waals surface area contributed by atoms with Crippen LogP contribution >= 0.6 is 12.4 Å². The predicted molar refractivity (Wildman–Crippen MR) is 128 cm³/mol. The number of carbonyl (C=O) groups is 1. The molecule has 1 aliphatic rings. The van der Waals surface area contributed by atoms with Gasteiger partial charge in [0.1, 0.15) is 0 Å². The maximum Gasteiger partial charge on any atom is 0.416 e. The molecule has 1 amide bonds. The normalized spacial score (nSPS) is 20.6. The highest BCUT2D eigenvalue weighted by molar-refractivity contribution is 5.95. The quantitative estimate of drug-likeness (QED) is 0.476. The second-order valence-corrected chi connectivity index (χ2v) is 9.37. The molecule has 0 bridgehead atoms. The van der Waals surface area contributed by atoms with E-state index in [-0.39, 0.29) is 29.8 Å². The molecular weight excluding hydrogens is 465 g/mol. The van der Waals surface area contributed by atoms with Crippen molar-refractivity contribution in [3.05, 3.63) is 83.7 Å². The Morgan fingerprint density at radius 2 is 1.76 bits per heavy atom. The third kappa shape index (κ3) is 5.62. The van der Waals surface area contributed by atoms with Gasteiger partial charge in [0, 0.05) is 23.8 Å². The van der Waals surface area contributed by atoms with Crippen molar-refractivity contribution in [2.75, 3.05) is 5.32 Å². The Labute approximate surface area is 203 Å². The van der Waals surface area contributed by atoms with Crippen LogP contribution in [0, 0.1) is 0 Å². The Kier molecular flexibility index (Phi) is 7.43. The molecular formula is C25H28ClF3N4O. The molecule has 1 aliphatic heterocycles. The SMILES string of the molecule is CC(C)(C)n1ccc(C2C[C@@H](C(=O)Nc3ccccc3)N[C@H]2c2cccc(C(F)(F)F)c2)n1.Cl. The maximum absolute atomic E-state index is 13.4. The minimum Gasteiger partial charge on any atom is -0.325 e. The number of para-hydroxylation sites is 1. The minimum atomic E-state index is -4.44. The van der Waals surface area contributed by atoms with E-state index >= 15 is 0 Å². The number of alkyl halides is 3. The van der Waals surface area contributed by atoms with Gasteiger partial charge in [0.15, 0.2) is 0 Å². The van der Waals surface area contributed by atoms with E-state index in [0.29, 0.717) is 17.7 Å². The van der Waals surface area contributed by atoms with Crippen LogP contribution in [0.3, 0.4) is 0 Å². The zero-order valence-corrected chi connectivity index (χ0v) is 20.0. The van der Waals surface area contributed by atoms with Gasteiger partial charge in [-0.1, -0.05) is 30.3 Å². The van der Waals surface area contributed by atoms with Gasteiger partial charge >= 0.3 is 6.18 Å². The molecule has 1 unspecified atom stereocenters. The van der Waals surface area contributed by atoms with Crippen molar-refractivity contribution in [3.63, 3.8) is 0 Å². The molecule has 2 heterocycles. The summed E-state index contributed by atoms with van der Waals surface area (Å²) < 4.78 is 41.9. The standard InChI is InChI=1S/C25H27F3N4O.ClH/c1-24(2,3)32-13-12-20(31-32)19-15-21(23(33)29-18-10-5-4-6-11-18)30-22(19)16-8-7-9-17(14-16)25(26,27)28;/h4-14,19,21-22,30H,15H2,1-3H3,(H,29,33);1H/t19?,21-,22-;/m0./s1. The van der Waals surface area contributed by atoms with Crippen LogP contribution in [-0.4, -0.2) is 21.7 Å². The molecule has 3 atom stereocenters. The first kappa shape index (κ1) is 25.8. The highest BCUT2D eigenvalue weighted by Gasteiger charge is 2.41. The summed E-state index contributed by atoms with van der Waals surface area (Å²) in [5.74, 6) is -0.487. The van der Waals surface area contributed by atoms with Gasteiger partial charge in [-0.05, 0) is 63.1 Å². The molecule has 2 N–H and O–H groups in total. The topological polar surface area (TPSA) is 59.0 Å². The lowest BCUT2D eigenvalue weighted by Crippen LogP contribution is -2.36. The molecule has 0 aliphatic carbocycles. The lowest BCUT2D eigenvalue weighted by Gasteiger charge is -2.21. The molecule has 0 radical (unpaired) electrons. The highest BCUT2D eigenvalue weighted by Crippen LogP contribution is 2.41. The Balaban J connectivity index is 0.00000324. The monoisotopic (exact) mass is 492 g/mol. The van der Waals surface area contributed by atoms with Crippen LogP contribution in [-0.2, 0) is 16.5 Å². The van der Waals surface area contributed by atoms with E-state index in [9.17, 15) is 18.0 Å². The van der Waals surface area contributed by atoms with Gasteiger partial charge in [0.05, 0.1) is 22.8 Å². The summed E-state index contributed by atoms with van der Waals surface area (Å²) in [5, 5.41) is 10.9. The molecule has 2 aromatic carbocycles. The minimum absolute atomic E-state index is 0. The van der Waals surface area contributed by atoms with Crippen molar-refractivity contribution < 1.29 is 18.0 Å². The summed E-state index contributed by atoms with van der Waals surface area (Å²) in [5.41, 5.74) is 0.948. The number of benzene rings is 2. The van der Waals surface area contributed by atoms with Crippen LogP contribution < -0.4 is 10.6 Å². The molecule has 0 spiro atoms. The molecule has 5 nitrogen and oxygen atoms in total. The Bertz CT molecular complexity index is 1120. The number of halogens is 4. The summed E-state index contributed by atoms with van der Waals surface area (Å²) >= 11 is 0. The Morgan fingerprint density at radius 3 is 2.38 bits per heavy atom. The second-order valence-electron chi connectivity index (χ2n) is 9.37. The molecule has 9 heteroatoms. The molecule has 34 heavy (non-hydrogen) atoms. The molecule has 4 rings (SSSR count). The summed E-state index contributed by atoms with van der Waals surface area (Å²) in [6, 6.07) is 15.2. The van der Waals surface area contributed by atoms with Gasteiger partial charge in [0.25, 0.3) is 0 Å². The van der Waals surface area contributed by atoms with Crippen LogP contribution in [0.15, 0.2) is 66.9 Å². The number of amides is 1. The fraction of sp³-hybridized carbons (Fsp3) is 0.360.